The molecular weight excluding hydrogens is 614 g/mol. The highest BCUT2D eigenvalue weighted by molar-refractivity contribution is 5.68. The topological polar surface area (TPSA) is 218 Å². The van der Waals surface area contributed by atoms with E-state index in [1.165, 1.54) is 11.8 Å². The first-order valence-corrected chi connectivity index (χ1v) is 15.1. The summed E-state index contributed by atoms with van der Waals surface area (Å²) in [5.74, 6) is -1.34. The molecule has 16 heteroatoms. The van der Waals surface area contributed by atoms with Crippen LogP contribution in [0.3, 0.4) is 0 Å². The van der Waals surface area contributed by atoms with Gasteiger partial charge >= 0.3 is 18.0 Å². The molecule has 2 fully saturated rings. The average molecular weight is 652 g/mol. The van der Waals surface area contributed by atoms with Crippen LogP contribution in [0.25, 0.3) is 20.9 Å². The Morgan fingerprint density at radius 1 is 0.894 bits per heavy atom. The van der Waals surface area contributed by atoms with E-state index in [9.17, 15) is 25.0 Å². The van der Waals surface area contributed by atoms with Gasteiger partial charge in [0.2, 0.25) is 0 Å². The van der Waals surface area contributed by atoms with Gasteiger partial charge in [0, 0.05) is 30.2 Å². The molecule has 250 valence electrons. The Kier molecular flexibility index (Phi) is 12.8. The lowest BCUT2D eigenvalue weighted by Crippen LogP contribution is -2.59. The molecule has 1 unspecified atom stereocenters. The Morgan fingerprint density at radius 3 is 2.09 bits per heavy atom. The van der Waals surface area contributed by atoms with Crippen molar-refractivity contribution in [3.05, 3.63) is 92.7 Å². The van der Waals surface area contributed by atoms with Crippen LogP contribution in [0.5, 0.6) is 0 Å². The molecule has 1 heterocycles. The van der Waals surface area contributed by atoms with Crippen molar-refractivity contribution in [2.24, 2.45) is 10.2 Å². The predicted octanol–water partition coefficient (Wildman–Crippen LogP) is 4.70. The van der Waals surface area contributed by atoms with Crippen molar-refractivity contribution < 1.29 is 43.2 Å². The molecule has 4 rings (SSSR count). The largest absolute Gasteiger partial charge is 0.459 e. The Bertz CT molecular complexity index is 1450. The first-order chi connectivity index (χ1) is 22.7. The van der Waals surface area contributed by atoms with Gasteiger partial charge in [-0.05, 0) is 41.5 Å². The first kappa shape index (κ1) is 35.0. The van der Waals surface area contributed by atoms with Crippen molar-refractivity contribution in [2.75, 3.05) is 6.54 Å². The number of ether oxygens (including phenoxy) is 5. The highest BCUT2D eigenvalue weighted by Crippen LogP contribution is 2.34. The van der Waals surface area contributed by atoms with Gasteiger partial charge in [0.1, 0.15) is 18.8 Å². The Morgan fingerprint density at radius 2 is 1.49 bits per heavy atom. The maximum atomic E-state index is 13.4. The highest BCUT2D eigenvalue weighted by Gasteiger charge is 2.49. The Hall–Kier alpha value is -4.85. The smallest absolute Gasteiger partial charge is 0.410 e. The molecule has 1 aliphatic heterocycles. The van der Waals surface area contributed by atoms with Crippen LogP contribution >= 0.6 is 0 Å². The van der Waals surface area contributed by atoms with Crippen LogP contribution in [0.4, 0.5) is 4.79 Å². The lowest BCUT2D eigenvalue weighted by molar-refractivity contribution is -0.284. The summed E-state index contributed by atoms with van der Waals surface area (Å²) in [7, 11) is 0. The summed E-state index contributed by atoms with van der Waals surface area (Å²) in [6.07, 6.45) is -7.08. The number of azide groups is 2. The number of carbonyl (C=O) groups is 3. The Balaban J connectivity index is 1.55. The van der Waals surface area contributed by atoms with Crippen molar-refractivity contribution in [3.8, 4) is 0 Å². The molecule has 1 N–H and O–H groups in total. The molecule has 0 bridgehead atoms. The zero-order valence-corrected chi connectivity index (χ0v) is 26.0. The zero-order chi connectivity index (χ0) is 33.8. The minimum atomic E-state index is -1.61. The molecule has 8 atom stereocenters. The second-order valence-electron chi connectivity index (χ2n) is 11.2. The van der Waals surface area contributed by atoms with Crippen molar-refractivity contribution in [1.29, 1.82) is 0 Å². The van der Waals surface area contributed by atoms with Crippen LogP contribution in [0.2, 0.25) is 0 Å². The van der Waals surface area contributed by atoms with E-state index in [-0.39, 0.29) is 32.5 Å². The second kappa shape index (κ2) is 17.2. The van der Waals surface area contributed by atoms with Gasteiger partial charge in [-0.25, -0.2) is 4.79 Å². The van der Waals surface area contributed by atoms with E-state index in [1.54, 1.807) is 0 Å². The van der Waals surface area contributed by atoms with Crippen molar-refractivity contribution >= 4 is 18.0 Å². The molecule has 2 aliphatic rings. The van der Waals surface area contributed by atoms with Gasteiger partial charge in [-0.1, -0.05) is 70.9 Å². The standard InChI is InChI=1S/C31H37N7O9/c1-19(39)44-26-14-13-23(17-38(16-21-9-5-3-6-10-21)31(42)43-18-22-11-7-4-8-12-22)46-30(26)47-29-25(35-37-33)15-24(34-36-32)28(27(29)41)45-20(2)40/h3-12,23-30,41H,13-18H2,1-2H3/t23-,24+,25-,26+,27+,28-,29+,30?/m0/s1. The Labute approximate surface area is 270 Å². The molecule has 16 nitrogen and oxygen atoms in total. The molecule has 0 spiro atoms. The van der Waals surface area contributed by atoms with E-state index < -0.39 is 66.9 Å². The fourth-order valence-electron chi connectivity index (χ4n) is 5.66. The molecule has 0 aromatic heterocycles. The van der Waals surface area contributed by atoms with Gasteiger partial charge in [-0.15, -0.1) is 0 Å². The van der Waals surface area contributed by atoms with E-state index >= 15 is 0 Å². The normalized spacial score (nSPS) is 26.9. The number of aliphatic hydroxyl groups is 1. The first-order valence-electron chi connectivity index (χ1n) is 15.1. The number of rotatable bonds is 12. The second-order valence-corrected chi connectivity index (χ2v) is 11.2. The van der Waals surface area contributed by atoms with Gasteiger partial charge in [0.25, 0.3) is 0 Å². The molecule has 2 aromatic carbocycles. The predicted molar refractivity (Wildman–Crippen MR) is 164 cm³/mol. The van der Waals surface area contributed by atoms with E-state index in [4.69, 9.17) is 29.2 Å². The third kappa shape index (κ3) is 10.1. The molecule has 1 saturated carbocycles. The van der Waals surface area contributed by atoms with Crippen molar-refractivity contribution in [2.45, 2.75) is 95.2 Å². The van der Waals surface area contributed by atoms with Crippen molar-refractivity contribution in [1.82, 2.24) is 4.90 Å². The third-order valence-corrected chi connectivity index (χ3v) is 7.73. The average Bonchev–Trinajstić information content (AvgIpc) is 3.05. The van der Waals surface area contributed by atoms with Gasteiger partial charge in [0.15, 0.2) is 12.4 Å². The number of benzene rings is 2. The van der Waals surface area contributed by atoms with E-state index in [1.807, 2.05) is 60.7 Å². The number of aliphatic hydroxyl groups excluding tert-OH is 1. The molecule has 0 radical (unpaired) electrons. The third-order valence-electron chi connectivity index (χ3n) is 7.73. The summed E-state index contributed by atoms with van der Waals surface area (Å²) < 4.78 is 28.8. The number of hydrogen-bond donors (Lipinski definition) is 1. The number of carbonyl (C=O) groups excluding carboxylic acids is 3. The maximum absolute atomic E-state index is 13.4. The summed E-state index contributed by atoms with van der Waals surface area (Å²) in [4.78, 5) is 44.3. The van der Waals surface area contributed by atoms with Crippen LogP contribution in [-0.2, 0) is 46.4 Å². The van der Waals surface area contributed by atoms with E-state index in [2.05, 4.69) is 20.1 Å². The van der Waals surface area contributed by atoms with Crippen LogP contribution in [0.15, 0.2) is 70.9 Å². The van der Waals surface area contributed by atoms with E-state index in [0.717, 1.165) is 18.1 Å². The lowest BCUT2D eigenvalue weighted by Gasteiger charge is -2.44. The molecule has 1 aliphatic carbocycles. The van der Waals surface area contributed by atoms with Crippen LogP contribution in [0, 0.1) is 0 Å². The molecule has 1 amide bonds. The fourth-order valence-corrected chi connectivity index (χ4v) is 5.66. The number of nitrogens with zero attached hydrogens (tertiary/aromatic N) is 7. The zero-order valence-electron chi connectivity index (χ0n) is 26.0. The highest BCUT2D eigenvalue weighted by atomic mass is 16.7. The quantitative estimate of drug-likeness (QED) is 0.110. The summed E-state index contributed by atoms with van der Waals surface area (Å²) in [5, 5.41) is 18.6. The van der Waals surface area contributed by atoms with Gasteiger partial charge in [-0.3, -0.25) is 9.59 Å². The summed E-state index contributed by atoms with van der Waals surface area (Å²) in [5.41, 5.74) is 20.0. The van der Waals surface area contributed by atoms with E-state index in [0.29, 0.717) is 6.42 Å². The summed E-state index contributed by atoms with van der Waals surface area (Å²) in [6.45, 7) is 2.73. The maximum Gasteiger partial charge on any atom is 0.410 e. The monoisotopic (exact) mass is 651 g/mol. The van der Waals surface area contributed by atoms with Crippen LogP contribution in [-0.4, -0.2) is 83.5 Å². The number of hydrogen-bond acceptors (Lipinski definition) is 11. The fraction of sp³-hybridized carbons (Fsp3) is 0.516. The van der Waals surface area contributed by atoms with Gasteiger partial charge < -0.3 is 33.7 Å². The number of esters is 2. The summed E-state index contributed by atoms with van der Waals surface area (Å²) in [6, 6.07) is 16.5. The van der Waals surface area contributed by atoms with Gasteiger partial charge in [-0.2, -0.15) is 0 Å². The molecular formula is C31H37N7O9. The molecule has 1 saturated heterocycles. The van der Waals surface area contributed by atoms with Crippen molar-refractivity contribution in [3.63, 3.8) is 0 Å². The lowest BCUT2D eigenvalue weighted by atomic mass is 9.84. The van der Waals surface area contributed by atoms with Crippen LogP contribution < -0.4 is 0 Å². The SMILES string of the molecule is CC(=O)O[C@@H]1[C@@H](O)[C@H](OC2O[C@H](CN(Cc3ccccc3)C(=O)OCc3ccccc3)CC[C@H]2OC(C)=O)[C@@H](N=[N+]=[N-])C[C@H]1N=[N+]=[N-]. The molecule has 47 heavy (non-hydrogen) atoms. The van der Waals surface area contributed by atoms with Gasteiger partial charge in [0.05, 0.1) is 30.8 Å². The minimum absolute atomic E-state index is 0.0669. The number of amides is 1. The van der Waals surface area contributed by atoms with Crippen LogP contribution in [0.1, 0.15) is 44.2 Å². The molecule has 2 aromatic rings. The summed E-state index contributed by atoms with van der Waals surface area (Å²) >= 11 is 0. The minimum Gasteiger partial charge on any atom is -0.459 e.